The summed E-state index contributed by atoms with van der Waals surface area (Å²) in [5.74, 6) is 0.163. The summed E-state index contributed by atoms with van der Waals surface area (Å²) >= 11 is 0. The summed E-state index contributed by atoms with van der Waals surface area (Å²) in [5.41, 5.74) is 0.633. The molecule has 1 aliphatic carbocycles. The quantitative estimate of drug-likeness (QED) is 0.758. The van der Waals surface area contributed by atoms with Gasteiger partial charge in [-0.1, -0.05) is 44.2 Å². The van der Waals surface area contributed by atoms with Gasteiger partial charge in [-0.25, -0.2) is 0 Å². The minimum atomic E-state index is -0.852. The fourth-order valence-corrected chi connectivity index (χ4v) is 2.47. The molecule has 2 heteroatoms. The third kappa shape index (κ3) is 1.40. The Bertz CT molecular complexity index is 371. The molecule has 2 rings (SSSR count). The van der Waals surface area contributed by atoms with E-state index in [2.05, 4.69) is 0 Å². The Morgan fingerprint density at radius 3 is 2.40 bits per heavy atom. The van der Waals surface area contributed by atoms with E-state index in [0.29, 0.717) is 6.42 Å². The summed E-state index contributed by atoms with van der Waals surface area (Å²) in [6.07, 6.45) is -0.373. The molecule has 3 atom stereocenters. The molecule has 1 aromatic carbocycles. The second-order valence-electron chi connectivity index (χ2n) is 4.62. The monoisotopic (exact) mass is 204 g/mol. The van der Waals surface area contributed by atoms with E-state index >= 15 is 0 Å². The van der Waals surface area contributed by atoms with Gasteiger partial charge in [0.25, 0.3) is 0 Å². The average Bonchev–Trinajstić information content (AvgIpc) is 2.45. The second-order valence-corrected chi connectivity index (χ2v) is 4.62. The maximum absolute atomic E-state index is 11.5. The van der Waals surface area contributed by atoms with Crippen molar-refractivity contribution in [3.63, 3.8) is 0 Å². The molecular formula is C13H16O2. The van der Waals surface area contributed by atoms with Gasteiger partial charge in [-0.05, 0) is 11.5 Å². The maximum atomic E-state index is 11.5. The zero-order valence-electron chi connectivity index (χ0n) is 9.10. The van der Waals surface area contributed by atoms with E-state index in [1.807, 2.05) is 44.2 Å². The lowest BCUT2D eigenvalue weighted by Gasteiger charge is -2.32. The van der Waals surface area contributed by atoms with Crippen LogP contribution < -0.4 is 0 Å². The van der Waals surface area contributed by atoms with Crippen molar-refractivity contribution in [2.24, 2.45) is 5.92 Å². The van der Waals surface area contributed by atoms with Crippen LogP contribution in [0.3, 0.4) is 0 Å². The molecule has 0 unspecified atom stereocenters. The van der Waals surface area contributed by atoms with Gasteiger partial charge in [0, 0.05) is 11.8 Å². The van der Waals surface area contributed by atoms with Crippen LogP contribution in [0, 0.1) is 5.92 Å². The third-order valence-electron chi connectivity index (χ3n) is 3.80. The Hall–Kier alpha value is -1.15. The number of carbonyl (C=O) groups excluding carboxylic acids is 1. The van der Waals surface area contributed by atoms with Gasteiger partial charge in [0.05, 0.1) is 0 Å². The number of rotatable bonds is 1. The summed E-state index contributed by atoms with van der Waals surface area (Å²) in [5, 5.41) is 9.99. The van der Waals surface area contributed by atoms with Crippen molar-refractivity contribution in [1.82, 2.24) is 0 Å². The fraction of sp³-hybridized carbons (Fsp3) is 0.462. The van der Waals surface area contributed by atoms with E-state index in [1.165, 1.54) is 0 Å². The zero-order chi connectivity index (χ0) is 11.1. The van der Waals surface area contributed by atoms with E-state index in [4.69, 9.17) is 0 Å². The SMILES string of the molecule is C[C@H]1CC(=O)[C@H](O)[C@]1(C)c1ccccc1. The molecule has 80 valence electrons. The van der Waals surface area contributed by atoms with E-state index in [0.717, 1.165) is 5.56 Å². The molecule has 0 aromatic heterocycles. The summed E-state index contributed by atoms with van der Waals surface area (Å²) < 4.78 is 0. The number of benzene rings is 1. The maximum Gasteiger partial charge on any atom is 0.162 e. The summed E-state index contributed by atoms with van der Waals surface area (Å²) in [7, 11) is 0. The van der Waals surface area contributed by atoms with Crippen molar-refractivity contribution < 1.29 is 9.90 Å². The number of Topliss-reactive ketones (excluding diaryl/α,β-unsaturated/α-hetero) is 1. The molecule has 1 aliphatic rings. The van der Waals surface area contributed by atoms with E-state index < -0.39 is 11.5 Å². The van der Waals surface area contributed by atoms with Crippen LogP contribution in [-0.2, 0) is 10.2 Å². The first-order chi connectivity index (χ1) is 7.06. The van der Waals surface area contributed by atoms with Gasteiger partial charge in [0.15, 0.2) is 5.78 Å². The van der Waals surface area contributed by atoms with Crippen LogP contribution >= 0.6 is 0 Å². The highest BCUT2D eigenvalue weighted by Crippen LogP contribution is 2.43. The molecular weight excluding hydrogens is 188 g/mol. The molecule has 1 saturated carbocycles. The van der Waals surface area contributed by atoms with Crippen LogP contribution in [0.2, 0.25) is 0 Å². The standard InChI is InChI=1S/C13H16O2/c1-9-8-11(14)12(15)13(9,2)10-6-4-3-5-7-10/h3-7,9,12,15H,8H2,1-2H3/t9-,12-,13-/m0/s1. The Morgan fingerprint density at radius 2 is 1.93 bits per heavy atom. The van der Waals surface area contributed by atoms with Gasteiger partial charge in [-0.3, -0.25) is 4.79 Å². The number of hydrogen-bond acceptors (Lipinski definition) is 2. The van der Waals surface area contributed by atoms with Crippen LogP contribution in [0.5, 0.6) is 0 Å². The largest absolute Gasteiger partial charge is 0.384 e. The zero-order valence-corrected chi connectivity index (χ0v) is 9.10. The van der Waals surface area contributed by atoms with Crippen molar-refractivity contribution in [1.29, 1.82) is 0 Å². The molecule has 0 heterocycles. The predicted octanol–water partition coefficient (Wildman–Crippen LogP) is 1.91. The highest BCUT2D eigenvalue weighted by Gasteiger charge is 2.49. The molecule has 0 bridgehead atoms. The first kappa shape index (κ1) is 10.4. The van der Waals surface area contributed by atoms with Crippen LogP contribution in [0.4, 0.5) is 0 Å². The smallest absolute Gasteiger partial charge is 0.162 e. The van der Waals surface area contributed by atoms with E-state index in [-0.39, 0.29) is 11.7 Å². The van der Waals surface area contributed by atoms with Gasteiger partial charge in [0.1, 0.15) is 6.10 Å². The van der Waals surface area contributed by atoms with Crippen molar-refractivity contribution in [3.8, 4) is 0 Å². The molecule has 1 fully saturated rings. The van der Waals surface area contributed by atoms with Crippen molar-refractivity contribution in [2.45, 2.75) is 31.8 Å². The van der Waals surface area contributed by atoms with E-state index in [9.17, 15) is 9.90 Å². The lowest BCUT2D eigenvalue weighted by Crippen LogP contribution is -2.38. The molecule has 2 nitrogen and oxygen atoms in total. The van der Waals surface area contributed by atoms with Gasteiger partial charge >= 0.3 is 0 Å². The Labute approximate surface area is 89.9 Å². The molecule has 0 radical (unpaired) electrons. The minimum absolute atomic E-state index is 0.0335. The fourth-order valence-electron chi connectivity index (χ4n) is 2.47. The molecule has 0 amide bonds. The van der Waals surface area contributed by atoms with Gasteiger partial charge in [-0.2, -0.15) is 0 Å². The average molecular weight is 204 g/mol. The van der Waals surface area contributed by atoms with E-state index in [1.54, 1.807) is 0 Å². The van der Waals surface area contributed by atoms with Gasteiger partial charge < -0.3 is 5.11 Å². The van der Waals surface area contributed by atoms with Crippen molar-refractivity contribution in [2.75, 3.05) is 0 Å². The normalized spacial score (nSPS) is 35.8. The summed E-state index contributed by atoms with van der Waals surface area (Å²) in [4.78, 5) is 11.5. The number of hydrogen-bond donors (Lipinski definition) is 1. The lowest BCUT2D eigenvalue weighted by atomic mass is 9.73. The second kappa shape index (κ2) is 3.46. The topological polar surface area (TPSA) is 37.3 Å². The Balaban J connectivity index is 2.46. The molecule has 15 heavy (non-hydrogen) atoms. The van der Waals surface area contributed by atoms with Gasteiger partial charge in [0.2, 0.25) is 0 Å². The Kier molecular flexibility index (Phi) is 2.39. The first-order valence-electron chi connectivity index (χ1n) is 5.33. The Morgan fingerprint density at radius 1 is 1.33 bits per heavy atom. The molecule has 1 aromatic rings. The summed E-state index contributed by atoms with van der Waals surface area (Å²) in [6, 6.07) is 9.81. The number of aliphatic hydroxyl groups is 1. The number of aliphatic hydroxyl groups excluding tert-OH is 1. The van der Waals surface area contributed by atoms with Gasteiger partial charge in [-0.15, -0.1) is 0 Å². The predicted molar refractivity (Wildman–Crippen MR) is 58.6 cm³/mol. The first-order valence-corrected chi connectivity index (χ1v) is 5.33. The summed E-state index contributed by atoms with van der Waals surface area (Å²) in [6.45, 7) is 4.00. The van der Waals surface area contributed by atoms with Crippen LogP contribution in [-0.4, -0.2) is 17.0 Å². The molecule has 1 N–H and O–H groups in total. The van der Waals surface area contributed by atoms with Crippen LogP contribution in [0.1, 0.15) is 25.8 Å². The lowest BCUT2D eigenvalue weighted by molar-refractivity contribution is -0.125. The van der Waals surface area contributed by atoms with Crippen LogP contribution in [0.15, 0.2) is 30.3 Å². The highest BCUT2D eigenvalue weighted by atomic mass is 16.3. The minimum Gasteiger partial charge on any atom is -0.384 e. The third-order valence-corrected chi connectivity index (χ3v) is 3.80. The molecule has 0 saturated heterocycles. The van der Waals surface area contributed by atoms with Crippen molar-refractivity contribution >= 4 is 5.78 Å². The number of carbonyl (C=O) groups is 1. The molecule has 0 spiro atoms. The highest BCUT2D eigenvalue weighted by molar-refractivity contribution is 5.88. The molecule has 0 aliphatic heterocycles. The number of ketones is 1. The van der Waals surface area contributed by atoms with Crippen LogP contribution in [0.25, 0.3) is 0 Å². The van der Waals surface area contributed by atoms with Crippen molar-refractivity contribution in [3.05, 3.63) is 35.9 Å².